The van der Waals surface area contributed by atoms with Crippen molar-refractivity contribution in [2.45, 2.75) is 46.4 Å². The molecule has 0 aliphatic rings. The van der Waals surface area contributed by atoms with Gasteiger partial charge in [0.25, 0.3) is 0 Å². The smallest absolute Gasteiger partial charge is 0.102 e. The van der Waals surface area contributed by atoms with Crippen molar-refractivity contribution in [3.8, 4) is 0 Å². The minimum absolute atomic E-state index is 0.0220. The van der Waals surface area contributed by atoms with E-state index in [1.807, 2.05) is 0 Å². The molecule has 0 aromatic carbocycles. The Bertz CT molecular complexity index is 97.4. The van der Waals surface area contributed by atoms with Crippen LogP contribution in [0.5, 0.6) is 0 Å². The minimum atomic E-state index is -0.419. The average molecular weight is 145 g/mol. The first kappa shape index (κ1) is 9.92. The van der Waals surface area contributed by atoms with Crippen molar-refractivity contribution in [3.05, 3.63) is 0 Å². The number of nitrogens with one attached hydrogen (secondary N) is 1. The molecule has 0 aromatic heterocycles. The van der Waals surface area contributed by atoms with E-state index in [-0.39, 0.29) is 5.54 Å². The summed E-state index contributed by atoms with van der Waals surface area (Å²) in [6.45, 7) is 10.2. The molecule has 62 valence electrons. The van der Waals surface area contributed by atoms with E-state index in [9.17, 15) is 0 Å². The van der Waals surface area contributed by atoms with Crippen LogP contribution in [0.4, 0.5) is 0 Å². The van der Waals surface area contributed by atoms with E-state index in [4.69, 9.17) is 5.11 Å². The highest BCUT2D eigenvalue weighted by atomic mass is 16.3. The molecule has 0 aromatic rings. The maximum Gasteiger partial charge on any atom is 0.102 e. The second-order valence-corrected chi connectivity index (χ2v) is 3.70. The first-order valence-corrected chi connectivity index (χ1v) is 3.82. The number of hydrogen-bond donors (Lipinski definition) is 2. The van der Waals surface area contributed by atoms with Crippen molar-refractivity contribution in [2.75, 3.05) is 0 Å². The van der Waals surface area contributed by atoms with E-state index < -0.39 is 6.23 Å². The number of hydrogen-bond acceptors (Lipinski definition) is 2. The van der Waals surface area contributed by atoms with Gasteiger partial charge in [-0.3, -0.25) is 5.32 Å². The summed E-state index contributed by atoms with van der Waals surface area (Å²) < 4.78 is 0. The topological polar surface area (TPSA) is 32.3 Å². The molecule has 1 atom stereocenters. The molecule has 0 saturated carbocycles. The van der Waals surface area contributed by atoms with Crippen LogP contribution in [0.2, 0.25) is 0 Å². The Hall–Kier alpha value is -0.0800. The lowest BCUT2D eigenvalue weighted by atomic mass is 9.91. The molecule has 10 heavy (non-hydrogen) atoms. The van der Waals surface area contributed by atoms with Crippen LogP contribution in [0.25, 0.3) is 0 Å². The Morgan fingerprint density at radius 2 is 1.60 bits per heavy atom. The van der Waals surface area contributed by atoms with Gasteiger partial charge < -0.3 is 5.11 Å². The van der Waals surface area contributed by atoms with Crippen LogP contribution in [-0.2, 0) is 0 Å². The van der Waals surface area contributed by atoms with Crippen LogP contribution >= 0.6 is 0 Å². The van der Waals surface area contributed by atoms with Crippen molar-refractivity contribution >= 4 is 0 Å². The van der Waals surface area contributed by atoms with E-state index in [1.165, 1.54) is 0 Å². The molecule has 0 saturated heterocycles. The van der Waals surface area contributed by atoms with Gasteiger partial charge in [0.1, 0.15) is 6.23 Å². The molecule has 0 aliphatic heterocycles. The molecule has 0 spiro atoms. The van der Waals surface area contributed by atoms with E-state index in [2.05, 4.69) is 33.0 Å². The van der Waals surface area contributed by atoms with Crippen LogP contribution in [0.3, 0.4) is 0 Å². The predicted octanol–water partition coefficient (Wildman–Crippen LogP) is 1.35. The van der Waals surface area contributed by atoms with Crippen molar-refractivity contribution in [1.29, 1.82) is 0 Å². The Morgan fingerprint density at radius 3 is 1.70 bits per heavy atom. The van der Waals surface area contributed by atoms with Crippen molar-refractivity contribution in [3.63, 3.8) is 0 Å². The molecular formula is C8H19NO. The third-order valence-electron chi connectivity index (χ3n) is 2.02. The zero-order valence-corrected chi connectivity index (χ0v) is 7.60. The highest BCUT2D eigenvalue weighted by Gasteiger charge is 2.22. The molecule has 0 aliphatic carbocycles. The predicted molar refractivity (Wildman–Crippen MR) is 43.7 cm³/mol. The fourth-order valence-electron chi connectivity index (χ4n) is 0.705. The van der Waals surface area contributed by atoms with Gasteiger partial charge in [-0.25, -0.2) is 0 Å². The first-order chi connectivity index (χ1) is 4.36. The van der Waals surface area contributed by atoms with Gasteiger partial charge in [0, 0.05) is 5.54 Å². The normalized spacial score (nSPS) is 15.9. The molecule has 1 unspecified atom stereocenters. The van der Waals surface area contributed by atoms with Crippen LogP contribution in [0.1, 0.15) is 34.6 Å². The Morgan fingerprint density at radius 1 is 1.20 bits per heavy atom. The lowest BCUT2D eigenvalue weighted by Crippen LogP contribution is -2.48. The zero-order chi connectivity index (χ0) is 8.36. The molecular weight excluding hydrogens is 126 g/mol. The van der Waals surface area contributed by atoms with Crippen LogP contribution < -0.4 is 5.32 Å². The number of aliphatic hydroxyl groups is 1. The zero-order valence-electron chi connectivity index (χ0n) is 7.60. The highest BCUT2D eigenvalue weighted by Crippen LogP contribution is 2.14. The highest BCUT2D eigenvalue weighted by molar-refractivity contribution is 4.80. The lowest BCUT2D eigenvalue weighted by molar-refractivity contribution is 0.0998. The molecule has 0 heterocycles. The average Bonchev–Trinajstić information content (AvgIpc) is 1.60. The molecule has 0 amide bonds. The first-order valence-electron chi connectivity index (χ1n) is 3.82. The Balaban J connectivity index is 3.87. The minimum Gasteiger partial charge on any atom is -0.379 e. The monoisotopic (exact) mass is 145 g/mol. The van der Waals surface area contributed by atoms with E-state index in [0.29, 0.717) is 5.92 Å². The fourth-order valence-corrected chi connectivity index (χ4v) is 0.705. The van der Waals surface area contributed by atoms with Crippen molar-refractivity contribution < 1.29 is 5.11 Å². The third kappa shape index (κ3) is 3.18. The van der Waals surface area contributed by atoms with Gasteiger partial charge in [0.2, 0.25) is 0 Å². The van der Waals surface area contributed by atoms with Gasteiger partial charge in [-0.15, -0.1) is 0 Å². The van der Waals surface area contributed by atoms with Crippen LogP contribution in [0.15, 0.2) is 0 Å². The molecule has 2 heteroatoms. The third-order valence-corrected chi connectivity index (χ3v) is 2.02. The summed E-state index contributed by atoms with van der Waals surface area (Å²) in [5, 5.41) is 12.1. The summed E-state index contributed by atoms with van der Waals surface area (Å²) in [6, 6.07) is 0. The van der Waals surface area contributed by atoms with Crippen molar-refractivity contribution in [1.82, 2.24) is 5.32 Å². The molecule has 0 rings (SSSR count). The van der Waals surface area contributed by atoms with Crippen LogP contribution in [0, 0.1) is 5.92 Å². The molecule has 2 nitrogen and oxygen atoms in total. The van der Waals surface area contributed by atoms with Gasteiger partial charge >= 0.3 is 0 Å². The van der Waals surface area contributed by atoms with E-state index in [1.54, 1.807) is 6.92 Å². The number of aliphatic hydroxyl groups excluding tert-OH is 1. The standard InChI is InChI=1S/C8H19NO/c1-6(2)8(4,5)9-7(3)10/h6-7,9-10H,1-5H3. The summed E-state index contributed by atoms with van der Waals surface area (Å²) >= 11 is 0. The van der Waals surface area contributed by atoms with Gasteiger partial charge in [-0.2, -0.15) is 0 Å². The maximum absolute atomic E-state index is 9.03. The van der Waals surface area contributed by atoms with Crippen molar-refractivity contribution in [2.24, 2.45) is 5.92 Å². The largest absolute Gasteiger partial charge is 0.379 e. The summed E-state index contributed by atoms with van der Waals surface area (Å²) in [5.74, 6) is 0.530. The second kappa shape index (κ2) is 3.35. The lowest BCUT2D eigenvalue weighted by Gasteiger charge is -2.32. The molecule has 0 radical (unpaired) electrons. The summed E-state index contributed by atoms with van der Waals surface area (Å²) in [4.78, 5) is 0. The quantitative estimate of drug-likeness (QED) is 0.587. The Labute approximate surface area is 63.6 Å². The second-order valence-electron chi connectivity index (χ2n) is 3.70. The van der Waals surface area contributed by atoms with Gasteiger partial charge in [-0.1, -0.05) is 13.8 Å². The van der Waals surface area contributed by atoms with Gasteiger partial charge in [-0.05, 0) is 26.7 Å². The summed E-state index contributed by atoms with van der Waals surface area (Å²) in [7, 11) is 0. The molecule has 0 fully saturated rings. The number of rotatable bonds is 3. The SMILES string of the molecule is CC(O)NC(C)(C)C(C)C. The van der Waals surface area contributed by atoms with Gasteiger partial charge in [0.05, 0.1) is 0 Å². The van der Waals surface area contributed by atoms with Crippen LogP contribution in [-0.4, -0.2) is 16.9 Å². The summed E-state index contributed by atoms with van der Waals surface area (Å²) in [6.07, 6.45) is -0.419. The fraction of sp³-hybridized carbons (Fsp3) is 1.00. The van der Waals surface area contributed by atoms with E-state index >= 15 is 0 Å². The maximum atomic E-state index is 9.03. The van der Waals surface area contributed by atoms with Gasteiger partial charge in [0.15, 0.2) is 0 Å². The summed E-state index contributed by atoms with van der Waals surface area (Å²) in [5.41, 5.74) is 0.0220. The van der Waals surface area contributed by atoms with E-state index in [0.717, 1.165) is 0 Å². The molecule has 2 N–H and O–H groups in total. The Kier molecular flexibility index (Phi) is 3.33. The molecule has 0 bridgehead atoms.